The van der Waals surface area contributed by atoms with E-state index in [9.17, 15) is 14.3 Å². The van der Waals surface area contributed by atoms with Crippen molar-refractivity contribution >= 4 is 13.8 Å². The Morgan fingerprint density at radius 3 is 1.48 bits per heavy atom. The third-order valence-electron chi connectivity index (χ3n) is 10.3. The van der Waals surface area contributed by atoms with Crippen molar-refractivity contribution in [2.45, 2.75) is 219 Å². The van der Waals surface area contributed by atoms with Crippen LogP contribution < -0.4 is 0 Å². The third-order valence-corrected chi connectivity index (χ3v) is 11.2. The van der Waals surface area contributed by atoms with E-state index in [4.69, 9.17) is 18.5 Å². The van der Waals surface area contributed by atoms with Gasteiger partial charge >= 0.3 is 13.8 Å². The summed E-state index contributed by atoms with van der Waals surface area (Å²) in [6.45, 7) is 5.62. The molecule has 0 aliphatic rings. The van der Waals surface area contributed by atoms with Crippen molar-refractivity contribution in [1.29, 1.82) is 0 Å². The SMILES string of the molecule is CCCCC/C=C\C/C=C\CCCCCCCCCCOCC(COP(=O)(O)OCC[N+](C)(C)C)OC(=O)CCCCCCCCCCCCCCCCCC. The maximum atomic E-state index is 12.7. The van der Waals surface area contributed by atoms with Crippen LogP contribution in [0.1, 0.15) is 213 Å². The predicted molar refractivity (Wildman–Crippen MR) is 238 cm³/mol. The zero-order valence-corrected chi connectivity index (χ0v) is 38.5. The second kappa shape index (κ2) is 40.7. The van der Waals surface area contributed by atoms with Crippen LogP contribution in [-0.2, 0) is 27.9 Å². The highest BCUT2D eigenvalue weighted by molar-refractivity contribution is 7.47. The molecule has 0 aromatic rings. The van der Waals surface area contributed by atoms with Crippen LogP contribution in [0.5, 0.6) is 0 Å². The lowest BCUT2D eigenvalue weighted by Crippen LogP contribution is -2.37. The minimum atomic E-state index is -4.27. The molecule has 0 aliphatic carbocycles. The lowest BCUT2D eigenvalue weighted by Gasteiger charge is -2.24. The Bertz CT molecular complexity index is 951. The second-order valence-electron chi connectivity index (χ2n) is 17.1. The molecule has 2 atom stereocenters. The van der Waals surface area contributed by atoms with E-state index in [-0.39, 0.29) is 25.8 Å². The van der Waals surface area contributed by atoms with Crippen LogP contribution in [0, 0.1) is 0 Å². The molecule has 0 aliphatic heterocycles. The van der Waals surface area contributed by atoms with Gasteiger partial charge in [0.2, 0.25) is 0 Å². The van der Waals surface area contributed by atoms with Gasteiger partial charge < -0.3 is 18.9 Å². The topological polar surface area (TPSA) is 91.3 Å². The van der Waals surface area contributed by atoms with Crippen LogP contribution >= 0.6 is 7.82 Å². The first-order chi connectivity index (χ1) is 27.1. The van der Waals surface area contributed by atoms with Gasteiger partial charge in [-0.2, -0.15) is 0 Å². The zero-order valence-electron chi connectivity index (χ0n) is 37.6. The molecule has 56 heavy (non-hydrogen) atoms. The number of phosphoric acid groups is 1. The van der Waals surface area contributed by atoms with E-state index in [1.165, 1.54) is 154 Å². The Morgan fingerprint density at radius 2 is 0.982 bits per heavy atom. The highest BCUT2D eigenvalue weighted by Gasteiger charge is 2.26. The first-order valence-corrected chi connectivity index (χ1v) is 25.1. The summed E-state index contributed by atoms with van der Waals surface area (Å²) in [5.41, 5.74) is 0. The van der Waals surface area contributed by atoms with E-state index in [0.29, 0.717) is 24.1 Å². The molecule has 0 amide bonds. The summed E-state index contributed by atoms with van der Waals surface area (Å²) in [4.78, 5) is 22.9. The number of hydrogen-bond donors (Lipinski definition) is 1. The normalized spacial score (nSPS) is 13.9. The molecule has 9 heteroatoms. The largest absolute Gasteiger partial charge is 0.472 e. The van der Waals surface area contributed by atoms with Crippen molar-refractivity contribution in [2.24, 2.45) is 0 Å². The molecule has 0 bridgehead atoms. The maximum Gasteiger partial charge on any atom is 0.472 e. The molecule has 0 aromatic carbocycles. The summed E-state index contributed by atoms with van der Waals surface area (Å²) in [5, 5.41) is 0. The average Bonchev–Trinajstić information content (AvgIpc) is 3.15. The third kappa shape index (κ3) is 44.1. The van der Waals surface area contributed by atoms with E-state index >= 15 is 0 Å². The van der Waals surface area contributed by atoms with Crippen molar-refractivity contribution in [3.8, 4) is 0 Å². The van der Waals surface area contributed by atoms with Crippen LogP contribution in [0.4, 0.5) is 0 Å². The Labute approximate surface area is 347 Å². The molecule has 0 saturated heterocycles. The number of allylic oxidation sites excluding steroid dienone is 4. The number of esters is 1. The number of ether oxygens (including phenoxy) is 2. The summed E-state index contributed by atoms with van der Waals surface area (Å²) >= 11 is 0. The van der Waals surface area contributed by atoms with Crippen LogP contribution in [0.25, 0.3) is 0 Å². The molecular formula is C47H93NO7P+. The van der Waals surface area contributed by atoms with Crippen LogP contribution in [0.15, 0.2) is 24.3 Å². The van der Waals surface area contributed by atoms with E-state index in [1.807, 2.05) is 21.1 Å². The van der Waals surface area contributed by atoms with Gasteiger partial charge in [0.25, 0.3) is 0 Å². The number of hydrogen-bond acceptors (Lipinski definition) is 6. The Balaban J connectivity index is 4.18. The molecule has 1 N–H and O–H groups in total. The van der Waals surface area contributed by atoms with Crippen LogP contribution in [0.3, 0.4) is 0 Å². The average molecular weight is 815 g/mol. The molecular weight excluding hydrogens is 721 g/mol. The Morgan fingerprint density at radius 1 is 0.554 bits per heavy atom. The van der Waals surface area contributed by atoms with Crippen LogP contribution in [-0.4, -0.2) is 75.6 Å². The molecule has 2 unspecified atom stereocenters. The number of unbranched alkanes of at least 4 members (excludes halogenated alkanes) is 26. The molecule has 0 aromatic heterocycles. The van der Waals surface area contributed by atoms with Gasteiger partial charge in [0.1, 0.15) is 19.3 Å². The van der Waals surface area contributed by atoms with Crippen molar-refractivity contribution in [3.63, 3.8) is 0 Å². The van der Waals surface area contributed by atoms with Gasteiger partial charge in [0.15, 0.2) is 0 Å². The standard InChI is InChI=1S/C47H92NO7P/c1-6-8-10-12-14-16-18-20-22-24-25-27-29-31-33-35-37-39-42-52-44-46(45-54-56(50,51)53-43-41-48(3,4)5)55-47(49)40-38-36-34-32-30-28-26-23-21-19-17-15-13-11-9-7-2/h14,16,20,22,46H,6-13,15,17-19,21,23-45H2,1-5H3/p+1/b16-14-,22-20-. The smallest absolute Gasteiger partial charge is 0.457 e. The zero-order chi connectivity index (χ0) is 41.3. The van der Waals surface area contributed by atoms with Crippen molar-refractivity contribution < 1.29 is 37.3 Å². The first-order valence-electron chi connectivity index (χ1n) is 23.6. The van der Waals surface area contributed by atoms with Crippen molar-refractivity contribution in [3.05, 3.63) is 24.3 Å². The highest BCUT2D eigenvalue weighted by atomic mass is 31.2. The molecule has 0 rings (SSSR count). The van der Waals surface area contributed by atoms with Gasteiger partial charge in [-0.15, -0.1) is 0 Å². The fraction of sp³-hybridized carbons (Fsp3) is 0.894. The number of nitrogens with zero attached hydrogens (tertiary/aromatic N) is 1. The van der Waals surface area contributed by atoms with Crippen LogP contribution in [0.2, 0.25) is 0 Å². The summed E-state index contributed by atoms with van der Waals surface area (Å²) in [6.07, 6.45) is 46.3. The lowest BCUT2D eigenvalue weighted by atomic mass is 10.0. The highest BCUT2D eigenvalue weighted by Crippen LogP contribution is 2.43. The molecule has 0 fully saturated rings. The Hall–Kier alpha value is -1.02. The molecule has 0 spiro atoms. The molecule has 0 heterocycles. The van der Waals surface area contributed by atoms with Crippen molar-refractivity contribution in [2.75, 3.05) is 54.1 Å². The molecule has 8 nitrogen and oxygen atoms in total. The van der Waals surface area contributed by atoms with E-state index in [1.54, 1.807) is 0 Å². The lowest BCUT2D eigenvalue weighted by molar-refractivity contribution is -0.870. The van der Waals surface area contributed by atoms with E-state index in [2.05, 4.69) is 38.2 Å². The number of phosphoric ester groups is 1. The summed E-state index contributed by atoms with van der Waals surface area (Å²) in [6, 6.07) is 0. The molecule has 332 valence electrons. The first kappa shape index (κ1) is 55.0. The summed E-state index contributed by atoms with van der Waals surface area (Å²) < 4.78 is 35.1. The quantitative estimate of drug-likeness (QED) is 0.0215. The number of carbonyl (C=O) groups is 1. The van der Waals surface area contributed by atoms with Gasteiger partial charge in [-0.25, -0.2) is 4.57 Å². The minimum absolute atomic E-state index is 0.0895. The summed E-state index contributed by atoms with van der Waals surface area (Å²) in [7, 11) is 1.67. The van der Waals surface area contributed by atoms with Gasteiger partial charge in [-0.3, -0.25) is 13.8 Å². The number of quaternary nitrogens is 1. The second-order valence-corrected chi connectivity index (χ2v) is 18.6. The molecule has 0 radical (unpaired) electrons. The number of carbonyl (C=O) groups excluding carboxylic acids is 1. The van der Waals surface area contributed by atoms with Gasteiger partial charge in [0, 0.05) is 13.0 Å². The van der Waals surface area contributed by atoms with Crippen molar-refractivity contribution in [1.82, 2.24) is 0 Å². The Kier molecular flexibility index (Phi) is 40.0. The van der Waals surface area contributed by atoms with Gasteiger partial charge in [-0.1, -0.05) is 186 Å². The fourth-order valence-corrected chi connectivity index (χ4v) is 7.33. The van der Waals surface area contributed by atoms with E-state index in [0.717, 1.165) is 38.5 Å². The van der Waals surface area contributed by atoms with Gasteiger partial charge in [0.05, 0.1) is 34.4 Å². The number of rotatable bonds is 44. The fourth-order valence-electron chi connectivity index (χ4n) is 6.58. The monoisotopic (exact) mass is 815 g/mol. The summed E-state index contributed by atoms with van der Waals surface area (Å²) in [5.74, 6) is -0.312. The number of likely N-dealkylation sites (N-methyl/N-ethyl adjacent to an activating group) is 1. The minimum Gasteiger partial charge on any atom is -0.457 e. The maximum absolute atomic E-state index is 12.7. The van der Waals surface area contributed by atoms with Gasteiger partial charge in [-0.05, 0) is 44.9 Å². The van der Waals surface area contributed by atoms with E-state index < -0.39 is 13.9 Å². The molecule has 0 saturated carbocycles. The predicted octanol–water partition coefficient (Wildman–Crippen LogP) is 14.0.